The van der Waals surface area contributed by atoms with Crippen molar-refractivity contribution in [2.24, 2.45) is 23.2 Å². The molecule has 1 N–H and O–H groups in total. The van der Waals surface area contributed by atoms with Crippen LogP contribution in [0.4, 0.5) is 5.69 Å². The van der Waals surface area contributed by atoms with Crippen LogP contribution in [-0.4, -0.2) is 25.3 Å². The number of esters is 1. The number of hydrogen-bond donors (Lipinski definition) is 1. The van der Waals surface area contributed by atoms with Gasteiger partial charge in [0.05, 0.1) is 6.42 Å². The minimum Gasteiger partial charge on any atom is -0.456 e. The summed E-state index contributed by atoms with van der Waals surface area (Å²) >= 11 is 0. The van der Waals surface area contributed by atoms with E-state index in [1.54, 1.807) is 18.2 Å². The molecule has 0 radical (unpaired) electrons. The van der Waals surface area contributed by atoms with Crippen molar-refractivity contribution in [1.29, 1.82) is 0 Å². The molecule has 0 unspecified atom stereocenters. The summed E-state index contributed by atoms with van der Waals surface area (Å²) in [5.41, 5.74) is 0.737. The minimum atomic E-state index is -0.340. The average Bonchev–Trinajstić information content (AvgIpc) is 3.06. The molecule has 1 aromatic carbocycles. The lowest BCUT2D eigenvalue weighted by atomic mass is 9.49. The third-order valence-electron chi connectivity index (χ3n) is 6.70. The van der Waals surface area contributed by atoms with Gasteiger partial charge in [-0.2, -0.15) is 0 Å². The zero-order valence-electron chi connectivity index (χ0n) is 15.4. The zero-order valence-corrected chi connectivity index (χ0v) is 15.4. The first kappa shape index (κ1) is 16.9. The lowest BCUT2D eigenvalue weighted by Gasteiger charge is -2.56. The fraction of sp³-hybridized carbons (Fsp3) is 0.619. The monoisotopic (exact) mass is 371 g/mol. The Bertz CT molecular complexity index is 739. The normalized spacial score (nSPS) is 32.4. The third-order valence-corrected chi connectivity index (χ3v) is 6.70. The average molecular weight is 371 g/mol. The van der Waals surface area contributed by atoms with E-state index in [1.807, 2.05) is 0 Å². The van der Waals surface area contributed by atoms with Crippen molar-refractivity contribution < 1.29 is 23.8 Å². The molecule has 4 saturated carbocycles. The molecule has 1 amide bonds. The molecule has 4 bridgehead atoms. The number of carbonyl (C=O) groups excluding carboxylic acids is 2. The highest BCUT2D eigenvalue weighted by Gasteiger charge is 2.51. The number of amides is 1. The van der Waals surface area contributed by atoms with E-state index in [2.05, 4.69) is 5.32 Å². The fourth-order valence-corrected chi connectivity index (χ4v) is 6.18. The van der Waals surface area contributed by atoms with Gasteiger partial charge in [-0.15, -0.1) is 0 Å². The number of ether oxygens (including phenoxy) is 3. The van der Waals surface area contributed by atoms with E-state index in [9.17, 15) is 9.59 Å². The maximum atomic E-state index is 12.4. The molecule has 6 nitrogen and oxygen atoms in total. The summed E-state index contributed by atoms with van der Waals surface area (Å²) < 4.78 is 15.8. The van der Waals surface area contributed by atoms with Crippen LogP contribution in [0, 0.1) is 23.2 Å². The molecule has 4 aliphatic carbocycles. The molecule has 1 heterocycles. The number of hydrogen-bond acceptors (Lipinski definition) is 5. The maximum absolute atomic E-state index is 12.4. The second kappa shape index (κ2) is 6.43. The third kappa shape index (κ3) is 3.37. The minimum absolute atomic E-state index is 0.139. The van der Waals surface area contributed by atoms with Gasteiger partial charge >= 0.3 is 5.97 Å². The van der Waals surface area contributed by atoms with Crippen molar-refractivity contribution >= 4 is 17.6 Å². The van der Waals surface area contributed by atoms with Gasteiger partial charge in [0.15, 0.2) is 18.1 Å². The summed E-state index contributed by atoms with van der Waals surface area (Å²) in [6, 6.07) is 5.19. The van der Waals surface area contributed by atoms with Crippen LogP contribution in [0.3, 0.4) is 0 Å². The summed E-state index contributed by atoms with van der Waals surface area (Å²) in [6.07, 6.45) is 8.02. The van der Waals surface area contributed by atoms with Gasteiger partial charge in [-0.3, -0.25) is 9.59 Å². The highest BCUT2D eigenvalue weighted by Crippen LogP contribution is 2.61. The SMILES string of the molecule is O=C(COC(=O)CC12CC3CC(CC(C3)C1)C2)Nc1ccc2c(c1)OCO2. The molecule has 1 aliphatic heterocycles. The Labute approximate surface area is 158 Å². The smallest absolute Gasteiger partial charge is 0.306 e. The van der Waals surface area contributed by atoms with E-state index in [0.29, 0.717) is 23.6 Å². The second-order valence-corrected chi connectivity index (χ2v) is 8.87. The van der Waals surface area contributed by atoms with Crippen molar-refractivity contribution in [3.63, 3.8) is 0 Å². The first-order valence-corrected chi connectivity index (χ1v) is 9.92. The van der Waals surface area contributed by atoms with Gasteiger partial charge in [0, 0.05) is 11.8 Å². The molecule has 0 saturated heterocycles. The van der Waals surface area contributed by atoms with Gasteiger partial charge in [0.2, 0.25) is 6.79 Å². The number of fused-ring (bicyclic) bond motifs is 1. The van der Waals surface area contributed by atoms with Crippen molar-refractivity contribution in [2.45, 2.75) is 44.9 Å². The van der Waals surface area contributed by atoms with Gasteiger partial charge in [-0.1, -0.05) is 0 Å². The molecule has 6 rings (SSSR count). The van der Waals surface area contributed by atoms with Crippen molar-refractivity contribution in [3.05, 3.63) is 18.2 Å². The van der Waals surface area contributed by atoms with Crippen LogP contribution in [-0.2, 0) is 14.3 Å². The largest absolute Gasteiger partial charge is 0.456 e. The fourth-order valence-electron chi connectivity index (χ4n) is 6.18. The van der Waals surface area contributed by atoms with E-state index < -0.39 is 0 Å². The molecule has 27 heavy (non-hydrogen) atoms. The van der Waals surface area contributed by atoms with Crippen LogP contribution in [0.15, 0.2) is 18.2 Å². The van der Waals surface area contributed by atoms with E-state index in [4.69, 9.17) is 14.2 Å². The Morgan fingerprint density at radius 1 is 1.04 bits per heavy atom. The summed E-state index contributed by atoms with van der Waals surface area (Å²) in [7, 11) is 0. The number of carbonyl (C=O) groups is 2. The number of anilines is 1. The van der Waals surface area contributed by atoms with Gasteiger partial charge in [-0.05, 0) is 73.8 Å². The van der Waals surface area contributed by atoms with Crippen molar-refractivity contribution in [2.75, 3.05) is 18.7 Å². The highest BCUT2D eigenvalue weighted by atomic mass is 16.7. The molecule has 0 spiro atoms. The summed E-state index contributed by atoms with van der Waals surface area (Å²) in [4.78, 5) is 24.5. The number of benzene rings is 1. The van der Waals surface area contributed by atoms with E-state index in [-0.39, 0.29) is 30.7 Å². The Hall–Kier alpha value is -2.24. The van der Waals surface area contributed by atoms with Crippen LogP contribution >= 0.6 is 0 Å². The summed E-state index contributed by atoms with van der Waals surface area (Å²) in [6.45, 7) is -0.0612. The molecule has 4 fully saturated rings. The maximum Gasteiger partial charge on any atom is 0.306 e. The molecule has 1 aromatic rings. The molecular formula is C21H25NO5. The lowest BCUT2D eigenvalue weighted by molar-refractivity contribution is -0.154. The van der Waals surface area contributed by atoms with Crippen molar-refractivity contribution in [3.8, 4) is 11.5 Å². The number of nitrogens with one attached hydrogen (secondary N) is 1. The Balaban J connectivity index is 1.13. The van der Waals surface area contributed by atoms with Crippen LogP contribution < -0.4 is 14.8 Å². The Kier molecular flexibility index (Phi) is 4.02. The zero-order chi connectivity index (χ0) is 18.4. The first-order valence-electron chi connectivity index (χ1n) is 9.92. The van der Waals surface area contributed by atoms with Gasteiger partial charge in [0.1, 0.15) is 0 Å². The molecular weight excluding hydrogens is 346 g/mol. The van der Waals surface area contributed by atoms with E-state index >= 15 is 0 Å². The van der Waals surface area contributed by atoms with Gasteiger partial charge in [0.25, 0.3) is 5.91 Å². The summed E-state index contributed by atoms with van der Waals surface area (Å²) in [5.74, 6) is 3.10. The second-order valence-electron chi connectivity index (χ2n) is 8.87. The van der Waals surface area contributed by atoms with Crippen LogP contribution in [0.25, 0.3) is 0 Å². The van der Waals surface area contributed by atoms with Crippen LogP contribution in [0.1, 0.15) is 44.9 Å². The molecule has 5 aliphatic rings. The molecule has 0 aromatic heterocycles. The standard InChI is InChI=1S/C21H25NO5/c23-19(22-16-1-2-17-18(6-16)27-12-26-17)11-25-20(24)10-21-7-13-3-14(8-21)5-15(4-13)9-21/h1-2,6,13-15H,3-5,7-12H2,(H,22,23). The van der Waals surface area contributed by atoms with Crippen LogP contribution in [0.2, 0.25) is 0 Å². The molecule has 144 valence electrons. The van der Waals surface area contributed by atoms with E-state index in [1.165, 1.54) is 38.5 Å². The van der Waals surface area contributed by atoms with Crippen molar-refractivity contribution in [1.82, 2.24) is 0 Å². The topological polar surface area (TPSA) is 73.9 Å². The lowest BCUT2D eigenvalue weighted by Crippen LogP contribution is -2.47. The predicted molar refractivity (Wildman–Crippen MR) is 97.4 cm³/mol. The van der Waals surface area contributed by atoms with E-state index in [0.717, 1.165) is 17.8 Å². The predicted octanol–water partition coefficient (Wildman–Crippen LogP) is 3.50. The molecule has 6 heteroatoms. The van der Waals surface area contributed by atoms with Gasteiger partial charge < -0.3 is 19.5 Å². The Morgan fingerprint density at radius 2 is 1.70 bits per heavy atom. The first-order chi connectivity index (χ1) is 13.1. The highest BCUT2D eigenvalue weighted by molar-refractivity contribution is 5.93. The van der Waals surface area contributed by atoms with Crippen LogP contribution in [0.5, 0.6) is 11.5 Å². The number of rotatable bonds is 5. The van der Waals surface area contributed by atoms with Gasteiger partial charge in [-0.25, -0.2) is 0 Å². The summed E-state index contributed by atoms with van der Waals surface area (Å²) in [5, 5.41) is 2.73. The quantitative estimate of drug-likeness (QED) is 0.802. The molecule has 0 atom stereocenters. The Morgan fingerprint density at radius 3 is 2.41 bits per heavy atom.